The van der Waals surface area contributed by atoms with Crippen LogP contribution in [0.25, 0.3) is 0 Å². The summed E-state index contributed by atoms with van der Waals surface area (Å²) in [5.74, 6) is 0.830. The maximum absolute atomic E-state index is 9.97. The van der Waals surface area contributed by atoms with Crippen molar-refractivity contribution >= 4 is 5.69 Å². The van der Waals surface area contributed by atoms with E-state index in [9.17, 15) is 5.11 Å². The summed E-state index contributed by atoms with van der Waals surface area (Å²) in [5, 5.41) is 9.97. The molecule has 0 bridgehead atoms. The molecule has 2 heteroatoms. The molecular formula is C14H23NO. The quantitative estimate of drug-likeness (QED) is 0.593. The van der Waals surface area contributed by atoms with Gasteiger partial charge in [0.25, 0.3) is 0 Å². The van der Waals surface area contributed by atoms with Gasteiger partial charge in [0.15, 0.2) is 0 Å². The first-order valence-corrected chi connectivity index (χ1v) is 5.83. The van der Waals surface area contributed by atoms with Gasteiger partial charge < -0.3 is 10.8 Å². The van der Waals surface area contributed by atoms with Crippen molar-refractivity contribution in [3.05, 3.63) is 23.3 Å². The third-order valence-electron chi connectivity index (χ3n) is 2.65. The number of nitrogens with two attached hydrogens (primary N) is 1. The summed E-state index contributed by atoms with van der Waals surface area (Å²) in [6, 6.07) is 3.95. The zero-order chi connectivity index (χ0) is 12.5. The first-order chi connectivity index (χ1) is 7.21. The minimum atomic E-state index is -0.0782. The van der Waals surface area contributed by atoms with Gasteiger partial charge in [-0.25, -0.2) is 0 Å². The summed E-state index contributed by atoms with van der Waals surface area (Å²) in [6.45, 7) is 10.6. The van der Waals surface area contributed by atoms with Crippen LogP contribution in [0.2, 0.25) is 0 Å². The molecule has 0 spiro atoms. The van der Waals surface area contributed by atoms with Gasteiger partial charge in [0.05, 0.1) is 5.69 Å². The fourth-order valence-electron chi connectivity index (χ4n) is 1.88. The minimum absolute atomic E-state index is 0.0782. The average Bonchev–Trinajstić information content (AvgIpc) is 2.08. The lowest BCUT2D eigenvalue weighted by Crippen LogP contribution is -2.13. The molecule has 0 aliphatic carbocycles. The van der Waals surface area contributed by atoms with Gasteiger partial charge in [-0.2, -0.15) is 0 Å². The Labute approximate surface area is 98.5 Å². The van der Waals surface area contributed by atoms with E-state index in [1.54, 1.807) is 0 Å². The Kier molecular flexibility index (Phi) is 3.51. The Morgan fingerprint density at radius 1 is 1.25 bits per heavy atom. The van der Waals surface area contributed by atoms with Crippen LogP contribution in [0, 0.1) is 5.92 Å². The number of hydrogen-bond donors (Lipinski definition) is 2. The largest absolute Gasteiger partial charge is 0.505 e. The topological polar surface area (TPSA) is 46.2 Å². The number of benzene rings is 1. The van der Waals surface area contributed by atoms with Crippen LogP contribution in [0.5, 0.6) is 5.75 Å². The van der Waals surface area contributed by atoms with Gasteiger partial charge in [-0.15, -0.1) is 0 Å². The highest BCUT2D eigenvalue weighted by Gasteiger charge is 2.20. The van der Waals surface area contributed by atoms with Crippen molar-refractivity contribution in [3.8, 4) is 5.75 Å². The summed E-state index contributed by atoms with van der Waals surface area (Å²) in [6.07, 6.45) is 0.994. The van der Waals surface area contributed by atoms with Gasteiger partial charge >= 0.3 is 0 Å². The predicted molar refractivity (Wildman–Crippen MR) is 69.8 cm³/mol. The molecule has 0 aliphatic heterocycles. The molecule has 0 aromatic heterocycles. The molecular weight excluding hydrogens is 198 g/mol. The fourth-order valence-corrected chi connectivity index (χ4v) is 1.88. The van der Waals surface area contributed by atoms with Gasteiger partial charge in [0, 0.05) is 5.56 Å². The van der Waals surface area contributed by atoms with Crippen LogP contribution in [0.1, 0.15) is 45.7 Å². The van der Waals surface area contributed by atoms with Crippen LogP contribution in [0.4, 0.5) is 5.69 Å². The molecule has 16 heavy (non-hydrogen) atoms. The molecule has 0 unspecified atom stereocenters. The second-order valence-electron chi connectivity index (χ2n) is 5.93. The smallest absolute Gasteiger partial charge is 0.142 e. The summed E-state index contributed by atoms with van der Waals surface area (Å²) in [4.78, 5) is 0. The van der Waals surface area contributed by atoms with Crippen LogP contribution in [0.15, 0.2) is 12.1 Å². The number of phenols is 1. The molecule has 1 aromatic carbocycles. The molecule has 90 valence electrons. The lowest BCUT2D eigenvalue weighted by molar-refractivity contribution is 0.448. The van der Waals surface area contributed by atoms with Gasteiger partial charge in [-0.05, 0) is 29.4 Å². The molecule has 0 saturated carbocycles. The lowest BCUT2D eigenvalue weighted by atomic mass is 9.84. The van der Waals surface area contributed by atoms with E-state index in [1.807, 2.05) is 6.07 Å². The molecule has 0 aliphatic rings. The third-order valence-corrected chi connectivity index (χ3v) is 2.65. The molecule has 1 aromatic rings. The van der Waals surface area contributed by atoms with E-state index in [2.05, 4.69) is 40.7 Å². The molecule has 0 amide bonds. The van der Waals surface area contributed by atoms with E-state index >= 15 is 0 Å². The van der Waals surface area contributed by atoms with Gasteiger partial charge in [-0.3, -0.25) is 0 Å². The second-order valence-corrected chi connectivity index (χ2v) is 5.93. The van der Waals surface area contributed by atoms with E-state index < -0.39 is 0 Å². The molecule has 0 saturated heterocycles. The standard InChI is InChI=1S/C14H23NO/c1-9(2)6-10-7-11(14(3,4)5)13(16)12(15)8-10/h7-9,16H,6,15H2,1-5H3. The first-order valence-electron chi connectivity index (χ1n) is 5.83. The Morgan fingerprint density at radius 3 is 2.25 bits per heavy atom. The zero-order valence-corrected chi connectivity index (χ0v) is 11.0. The molecule has 0 atom stereocenters. The van der Waals surface area contributed by atoms with Crippen molar-refractivity contribution in [2.45, 2.75) is 46.5 Å². The molecule has 0 radical (unpaired) electrons. The van der Waals surface area contributed by atoms with E-state index in [-0.39, 0.29) is 11.2 Å². The SMILES string of the molecule is CC(C)Cc1cc(N)c(O)c(C(C)(C)C)c1. The van der Waals surface area contributed by atoms with Crippen LogP contribution in [-0.4, -0.2) is 5.11 Å². The van der Waals surface area contributed by atoms with Crippen LogP contribution in [0.3, 0.4) is 0 Å². The van der Waals surface area contributed by atoms with E-state index in [0.29, 0.717) is 11.6 Å². The third kappa shape index (κ3) is 2.91. The van der Waals surface area contributed by atoms with Crippen molar-refractivity contribution in [2.75, 3.05) is 5.73 Å². The van der Waals surface area contributed by atoms with Gasteiger partial charge in [-0.1, -0.05) is 40.7 Å². The van der Waals surface area contributed by atoms with Crippen molar-refractivity contribution in [1.29, 1.82) is 0 Å². The highest BCUT2D eigenvalue weighted by molar-refractivity contribution is 5.59. The minimum Gasteiger partial charge on any atom is -0.505 e. The summed E-state index contributed by atoms with van der Waals surface area (Å²) >= 11 is 0. The van der Waals surface area contributed by atoms with E-state index in [4.69, 9.17) is 5.73 Å². The number of rotatable bonds is 2. The Bertz CT molecular complexity index is 375. The second kappa shape index (κ2) is 4.36. The summed E-state index contributed by atoms with van der Waals surface area (Å²) < 4.78 is 0. The summed E-state index contributed by atoms with van der Waals surface area (Å²) in [5.41, 5.74) is 8.39. The summed E-state index contributed by atoms with van der Waals surface area (Å²) in [7, 11) is 0. The van der Waals surface area contributed by atoms with Crippen molar-refractivity contribution < 1.29 is 5.11 Å². The average molecular weight is 221 g/mol. The maximum atomic E-state index is 9.97. The van der Waals surface area contributed by atoms with Crippen LogP contribution < -0.4 is 5.73 Å². The monoisotopic (exact) mass is 221 g/mol. The van der Waals surface area contributed by atoms with Crippen LogP contribution >= 0.6 is 0 Å². The van der Waals surface area contributed by atoms with Crippen molar-refractivity contribution in [1.82, 2.24) is 0 Å². The normalized spacial score (nSPS) is 12.1. The molecule has 3 N–H and O–H groups in total. The van der Waals surface area contributed by atoms with Crippen molar-refractivity contribution in [2.24, 2.45) is 5.92 Å². The fraction of sp³-hybridized carbons (Fsp3) is 0.571. The highest BCUT2D eigenvalue weighted by atomic mass is 16.3. The Balaban J connectivity index is 3.23. The van der Waals surface area contributed by atoms with Crippen molar-refractivity contribution in [3.63, 3.8) is 0 Å². The van der Waals surface area contributed by atoms with Crippen LogP contribution in [-0.2, 0) is 11.8 Å². The lowest BCUT2D eigenvalue weighted by Gasteiger charge is -2.22. The highest BCUT2D eigenvalue weighted by Crippen LogP contribution is 2.36. The maximum Gasteiger partial charge on any atom is 0.142 e. The number of anilines is 1. The van der Waals surface area contributed by atoms with Gasteiger partial charge in [0.2, 0.25) is 0 Å². The predicted octanol–water partition coefficient (Wildman–Crippen LogP) is 3.47. The number of phenolic OH excluding ortho intramolecular Hbond substituents is 1. The Morgan fingerprint density at radius 2 is 1.81 bits per heavy atom. The number of hydrogen-bond acceptors (Lipinski definition) is 2. The Hall–Kier alpha value is -1.18. The number of nitrogen functional groups attached to an aromatic ring is 1. The molecule has 2 nitrogen and oxygen atoms in total. The number of aromatic hydroxyl groups is 1. The molecule has 1 rings (SSSR count). The van der Waals surface area contributed by atoms with E-state index in [0.717, 1.165) is 12.0 Å². The van der Waals surface area contributed by atoms with E-state index in [1.165, 1.54) is 5.56 Å². The van der Waals surface area contributed by atoms with Gasteiger partial charge in [0.1, 0.15) is 5.75 Å². The first kappa shape index (κ1) is 12.9. The molecule has 0 heterocycles. The molecule has 0 fully saturated rings. The zero-order valence-electron chi connectivity index (χ0n) is 11.0.